The Bertz CT molecular complexity index is 1170. The Hall–Kier alpha value is -2.56. The van der Waals surface area contributed by atoms with Crippen molar-refractivity contribution in [2.24, 2.45) is 0 Å². The van der Waals surface area contributed by atoms with Gasteiger partial charge in [-0.05, 0) is 62.1 Å². The Kier molecular flexibility index (Phi) is 3.74. The van der Waals surface area contributed by atoms with Gasteiger partial charge < -0.3 is 13.7 Å². The van der Waals surface area contributed by atoms with Crippen molar-refractivity contribution >= 4 is 34.3 Å². The fourth-order valence-electron chi connectivity index (χ4n) is 3.66. The summed E-state index contributed by atoms with van der Waals surface area (Å²) in [6.45, 7) is 8.26. The van der Waals surface area contributed by atoms with E-state index in [2.05, 4.69) is 88.4 Å². The summed E-state index contributed by atoms with van der Waals surface area (Å²) in [4.78, 5) is 0. The first-order valence-corrected chi connectivity index (χ1v) is 9.71. The van der Waals surface area contributed by atoms with Gasteiger partial charge in [-0.3, -0.25) is 0 Å². The molecule has 0 atom stereocenters. The van der Waals surface area contributed by atoms with Crippen molar-refractivity contribution in [3.05, 3.63) is 66.7 Å². The van der Waals surface area contributed by atoms with Crippen LogP contribution in [0.15, 0.2) is 71.1 Å². The third-order valence-corrected chi connectivity index (χ3v) is 6.10. The molecule has 1 saturated heterocycles. The third kappa shape index (κ3) is 2.76. The van der Waals surface area contributed by atoms with E-state index in [0.29, 0.717) is 0 Å². The van der Waals surface area contributed by atoms with Crippen molar-refractivity contribution in [1.29, 1.82) is 0 Å². The van der Waals surface area contributed by atoms with Crippen LogP contribution in [0.3, 0.4) is 0 Å². The van der Waals surface area contributed by atoms with Crippen LogP contribution in [0.25, 0.3) is 33.1 Å². The van der Waals surface area contributed by atoms with Crippen LogP contribution in [0.5, 0.6) is 0 Å². The summed E-state index contributed by atoms with van der Waals surface area (Å²) in [5.41, 5.74) is 2.19. The molecule has 3 aromatic carbocycles. The van der Waals surface area contributed by atoms with E-state index >= 15 is 0 Å². The van der Waals surface area contributed by atoms with E-state index in [4.69, 9.17) is 13.7 Å². The predicted molar refractivity (Wildman–Crippen MR) is 115 cm³/mol. The molecule has 0 unspecified atom stereocenters. The van der Waals surface area contributed by atoms with Gasteiger partial charge in [-0.2, -0.15) is 0 Å². The summed E-state index contributed by atoms with van der Waals surface area (Å²) in [7, 11) is -0.386. The molecule has 1 aliphatic rings. The van der Waals surface area contributed by atoms with Crippen LogP contribution in [0.2, 0.25) is 0 Å². The fraction of sp³-hybridized carbons (Fsp3) is 0.250. The quantitative estimate of drug-likeness (QED) is 0.434. The van der Waals surface area contributed by atoms with Crippen molar-refractivity contribution < 1.29 is 13.7 Å². The number of hydrogen-bond donors (Lipinski definition) is 0. The standard InChI is InChI=1S/C24H23BO3/c1-23(2)24(3,4)28-25(27-23)20-12-11-19-14-21(26-22(19)15-20)18-10-9-16-7-5-6-8-17(16)13-18/h5-15H,1-4H3. The minimum absolute atomic E-state index is 0.355. The summed E-state index contributed by atoms with van der Waals surface area (Å²) in [6.07, 6.45) is 0. The average Bonchev–Trinajstić information content (AvgIpc) is 3.18. The zero-order chi connectivity index (χ0) is 19.5. The molecule has 0 spiro atoms. The smallest absolute Gasteiger partial charge is 0.456 e. The predicted octanol–water partition coefficient (Wildman–Crippen LogP) is 5.55. The highest BCUT2D eigenvalue weighted by atomic mass is 16.7. The van der Waals surface area contributed by atoms with E-state index < -0.39 is 0 Å². The first kappa shape index (κ1) is 17.5. The SMILES string of the molecule is CC1(C)OB(c2ccc3cc(-c4ccc5ccccc5c4)oc3c2)OC1(C)C. The van der Waals surface area contributed by atoms with E-state index in [1.165, 1.54) is 10.8 Å². The summed E-state index contributed by atoms with van der Waals surface area (Å²) in [6, 6.07) is 23.0. The Balaban J connectivity index is 1.52. The lowest BCUT2D eigenvalue weighted by atomic mass is 9.79. The lowest BCUT2D eigenvalue weighted by molar-refractivity contribution is 0.00578. The summed E-state index contributed by atoms with van der Waals surface area (Å²) < 4.78 is 18.5. The largest absolute Gasteiger partial charge is 0.494 e. The van der Waals surface area contributed by atoms with Crippen molar-refractivity contribution in [2.45, 2.75) is 38.9 Å². The second kappa shape index (κ2) is 5.97. The van der Waals surface area contributed by atoms with E-state index in [0.717, 1.165) is 27.8 Å². The van der Waals surface area contributed by atoms with Gasteiger partial charge in [0.25, 0.3) is 0 Å². The molecule has 0 amide bonds. The van der Waals surface area contributed by atoms with Crippen LogP contribution in [-0.2, 0) is 9.31 Å². The maximum absolute atomic E-state index is 6.20. The molecule has 0 bridgehead atoms. The van der Waals surface area contributed by atoms with Gasteiger partial charge in [0.2, 0.25) is 0 Å². The van der Waals surface area contributed by atoms with Gasteiger partial charge in [0.15, 0.2) is 0 Å². The molecule has 4 aromatic rings. The summed E-state index contributed by atoms with van der Waals surface area (Å²) in [5.74, 6) is 0.867. The van der Waals surface area contributed by atoms with Crippen molar-refractivity contribution in [1.82, 2.24) is 0 Å². The first-order valence-electron chi connectivity index (χ1n) is 9.71. The molecule has 1 aromatic heterocycles. The van der Waals surface area contributed by atoms with Gasteiger partial charge in [0.1, 0.15) is 11.3 Å². The second-order valence-electron chi connectivity index (χ2n) is 8.56. The average molecular weight is 370 g/mol. The molecule has 28 heavy (non-hydrogen) atoms. The molecule has 2 heterocycles. The molecule has 3 nitrogen and oxygen atoms in total. The minimum atomic E-state index is -0.386. The summed E-state index contributed by atoms with van der Waals surface area (Å²) in [5, 5.41) is 3.51. The van der Waals surface area contributed by atoms with Gasteiger partial charge >= 0.3 is 7.12 Å². The lowest BCUT2D eigenvalue weighted by Crippen LogP contribution is -2.41. The second-order valence-corrected chi connectivity index (χ2v) is 8.56. The van der Waals surface area contributed by atoms with E-state index in [1.807, 2.05) is 6.07 Å². The van der Waals surface area contributed by atoms with E-state index in [9.17, 15) is 0 Å². The van der Waals surface area contributed by atoms with Gasteiger partial charge in [-0.1, -0.05) is 48.5 Å². The Morgan fingerprint density at radius 3 is 2.11 bits per heavy atom. The van der Waals surface area contributed by atoms with E-state index in [-0.39, 0.29) is 18.3 Å². The highest BCUT2D eigenvalue weighted by Crippen LogP contribution is 2.37. The molecule has 4 heteroatoms. The Labute approximate surface area is 165 Å². The first-order chi connectivity index (χ1) is 13.3. The van der Waals surface area contributed by atoms with Gasteiger partial charge in [0.05, 0.1) is 11.2 Å². The number of rotatable bonds is 2. The molecule has 140 valence electrons. The zero-order valence-corrected chi connectivity index (χ0v) is 16.7. The maximum Gasteiger partial charge on any atom is 0.494 e. The number of benzene rings is 3. The molecule has 5 rings (SSSR count). The Morgan fingerprint density at radius 2 is 1.36 bits per heavy atom. The number of hydrogen-bond acceptors (Lipinski definition) is 3. The van der Waals surface area contributed by atoms with Crippen molar-refractivity contribution in [3.63, 3.8) is 0 Å². The molecule has 0 aliphatic carbocycles. The van der Waals surface area contributed by atoms with Crippen molar-refractivity contribution in [3.8, 4) is 11.3 Å². The number of furan rings is 1. The minimum Gasteiger partial charge on any atom is -0.456 e. The third-order valence-electron chi connectivity index (χ3n) is 6.10. The number of fused-ring (bicyclic) bond motifs is 2. The topological polar surface area (TPSA) is 31.6 Å². The highest BCUT2D eigenvalue weighted by Gasteiger charge is 2.51. The molecular formula is C24H23BO3. The summed E-state index contributed by atoms with van der Waals surface area (Å²) >= 11 is 0. The Morgan fingerprint density at radius 1 is 0.679 bits per heavy atom. The molecule has 0 radical (unpaired) electrons. The fourth-order valence-corrected chi connectivity index (χ4v) is 3.66. The van der Waals surface area contributed by atoms with Gasteiger partial charge in [-0.15, -0.1) is 0 Å². The monoisotopic (exact) mass is 370 g/mol. The van der Waals surface area contributed by atoms with Crippen LogP contribution < -0.4 is 5.46 Å². The van der Waals surface area contributed by atoms with Crippen LogP contribution in [0, 0.1) is 0 Å². The van der Waals surface area contributed by atoms with Crippen LogP contribution in [0.1, 0.15) is 27.7 Å². The van der Waals surface area contributed by atoms with Crippen LogP contribution >= 0.6 is 0 Å². The van der Waals surface area contributed by atoms with Crippen molar-refractivity contribution in [2.75, 3.05) is 0 Å². The normalized spacial score (nSPS) is 18.2. The van der Waals surface area contributed by atoms with Crippen LogP contribution in [-0.4, -0.2) is 18.3 Å². The van der Waals surface area contributed by atoms with E-state index in [1.54, 1.807) is 0 Å². The molecule has 0 saturated carbocycles. The molecular weight excluding hydrogens is 347 g/mol. The molecule has 1 fully saturated rings. The zero-order valence-electron chi connectivity index (χ0n) is 16.7. The molecule has 0 N–H and O–H groups in total. The van der Waals surface area contributed by atoms with Crippen LogP contribution in [0.4, 0.5) is 0 Å². The lowest BCUT2D eigenvalue weighted by Gasteiger charge is -2.32. The molecule has 1 aliphatic heterocycles. The van der Waals surface area contributed by atoms with Gasteiger partial charge in [0, 0.05) is 10.9 Å². The van der Waals surface area contributed by atoms with Gasteiger partial charge in [-0.25, -0.2) is 0 Å². The highest BCUT2D eigenvalue weighted by molar-refractivity contribution is 6.62. The maximum atomic E-state index is 6.20.